The standard InChI is InChI=1S/C10H15NO4/c1-6(2)10(14,5-11)8-7(9(12)13)3-4-15-8/h3-4,6,14H,5,11H2,1-2H3,(H,12,13). The van der Waals surface area contributed by atoms with Crippen molar-refractivity contribution in [2.24, 2.45) is 11.7 Å². The van der Waals surface area contributed by atoms with Crippen LogP contribution in [0.3, 0.4) is 0 Å². The monoisotopic (exact) mass is 213 g/mol. The molecule has 1 rings (SSSR count). The zero-order valence-electron chi connectivity index (χ0n) is 8.73. The Kier molecular flexibility index (Phi) is 3.16. The fourth-order valence-electron chi connectivity index (χ4n) is 1.40. The van der Waals surface area contributed by atoms with Crippen LogP contribution in [0.2, 0.25) is 0 Å². The molecule has 1 atom stereocenters. The highest BCUT2D eigenvalue weighted by Gasteiger charge is 2.38. The van der Waals surface area contributed by atoms with Gasteiger partial charge in [0.05, 0.1) is 6.26 Å². The number of carbonyl (C=O) groups is 1. The van der Waals surface area contributed by atoms with Gasteiger partial charge >= 0.3 is 5.97 Å². The minimum atomic E-state index is -1.43. The van der Waals surface area contributed by atoms with Crippen molar-refractivity contribution in [1.82, 2.24) is 0 Å². The highest BCUT2D eigenvalue weighted by Crippen LogP contribution is 2.31. The predicted octanol–water partition coefficient (Wildman–Crippen LogP) is 0.780. The van der Waals surface area contributed by atoms with Crippen molar-refractivity contribution in [3.05, 3.63) is 23.7 Å². The molecule has 0 bridgehead atoms. The molecular formula is C10H15NO4. The summed E-state index contributed by atoms with van der Waals surface area (Å²) in [6.07, 6.45) is 1.24. The Balaban J connectivity index is 3.24. The number of nitrogens with two attached hydrogens (primary N) is 1. The van der Waals surface area contributed by atoms with Gasteiger partial charge in [-0.15, -0.1) is 0 Å². The lowest BCUT2D eigenvalue weighted by Gasteiger charge is -2.28. The molecule has 0 radical (unpaired) electrons. The topological polar surface area (TPSA) is 96.7 Å². The van der Waals surface area contributed by atoms with Gasteiger partial charge in [0.15, 0.2) is 5.76 Å². The van der Waals surface area contributed by atoms with E-state index in [1.165, 1.54) is 12.3 Å². The van der Waals surface area contributed by atoms with Gasteiger partial charge in [0.25, 0.3) is 0 Å². The average Bonchev–Trinajstić information content (AvgIpc) is 2.64. The average molecular weight is 213 g/mol. The Morgan fingerprint density at radius 2 is 2.27 bits per heavy atom. The van der Waals surface area contributed by atoms with E-state index >= 15 is 0 Å². The molecule has 4 N–H and O–H groups in total. The smallest absolute Gasteiger partial charge is 0.339 e. The van der Waals surface area contributed by atoms with Crippen molar-refractivity contribution < 1.29 is 19.4 Å². The number of carboxylic acid groups (broad SMARTS) is 1. The third kappa shape index (κ3) is 1.88. The van der Waals surface area contributed by atoms with E-state index in [4.69, 9.17) is 15.3 Å². The molecule has 5 nitrogen and oxygen atoms in total. The Labute approximate surface area is 87.5 Å². The van der Waals surface area contributed by atoms with Crippen LogP contribution in [0.15, 0.2) is 16.7 Å². The number of aromatic carboxylic acids is 1. The number of hydrogen-bond donors (Lipinski definition) is 3. The minimum absolute atomic E-state index is 0.0208. The number of furan rings is 1. The summed E-state index contributed by atoms with van der Waals surface area (Å²) in [5.41, 5.74) is 3.99. The minimum Gasteiger partial charge on any atom is -0.478 e. The van der Waals surface area contributed by atoms with Crippen molar-refractivity contribution in [3.63, 3.8) is 0 Å². The molecule has 0 aliphatic heterocycles. The summed E-state index contributed by atoms with van der Waals surface area (Å²) in [5.74, 6) is -1.34. The molecule has 0 aliphatic carbocycles. The Morgan fingerprint density at radius 1 is 1.67 bits per heavy atom. The molecule has 0 fully saturated rings. The molecule has 0 spiro atoms. The molecule has 0 saturated heterocycles. The Morgan fingerprint density at radius 3 is 2.67 bits per heavy atom. The Hall–Kier alpha value is -1.33. The molecule has 0 aliphatic rings. The Bertz CT molecular complexity index is 358. The maximum absolute atomic E-state index is 10.9. The zero-order chi connectivity index (χ0) is 11.6. The molecule has 1 heterocycles. The van der Waals surface area contributed by atoms with E-state index in [1.54, 1.807) is 13.8 Å². The largest absolute Gasteiger partial charge is 0.478 e. The lowest BCUT2D eigenvalue weighted by atomic mass is 9.86. The highest BCUT2D eigenvalue weighted by atomic mass is 16.4. The second-order valence-corrected chi connectivity index (χ2v) is 3.75. The molecule has 0 saturated carbocycles. The quantitative estimate of drug-likeness (QED) is 0.686. The maximum atomic E-state index is 10.9. The van der Waals surface area contributed by atoms with Gasteiger partial charge in [-0.1, -0.05) is 13.8 Å². The summed E-state index contributed by atoms with van der Waals surface area (Å²) in [7, 11) is 0. The second-order valence-electron chi connectivity index (χ2n) is 3.75. The van der Waals surface area contributed by atoms with E-state index in [-0.39, 0.29) is 23.8 Å². The fraction of sp³-hybridized carbons (Fsp3) is 0.500. The summed E-state index contributed by atoms with van der Waals surface area (Å²) in [4.78, 5) is 10.9. The first-order chi connectivity index (χ1) is 6.93. The maximum Gasteiger partial charge on any atom is 0.339 e. The van der Waals surface area contributed by atoms with Crippen molar-refractivity contribution in [1.29, 1.82) is 0 Å². The van der Waals surface area contributed by atoms with E-state index in [2.05, 4.69) is 0 Å². The van der Waals surface area contributed by atoms with Crippen LogP contribution < -0.4 is 5.73 Å². The van der Waals surface area contributed by atoms with Crippen LogP contribution in [0, 0.1) is 5.92 Å². The summed E-state index contributed by atoms with van der Waals surface area (Å²) < 4.78 is 5.03. The van der Waals surface area contributed by atoms with E-state index < -0.39 is 11.6 Å². The van der Waals surface area contributed by atoms with E-state index in [9.17, 15) is 9.90 Å². The SMILES string of the molecule is CC(C)C(O)(CN)c1occc1C(=O)O. The molecule has 1 aromatic heterocycles. The molecular weight excluding hydrogens is 198 g/mol. The lowest BCUT2D eigenvalue weighted by Crippen LogP contribution is -2.40. The number of carboxylic acids is 1. The van der Waals surface area contributed by atoms with Gasteiger partial charge in [0.1, 0.15) is 11.2 Å². The van der Waals surface area contributed by atoms with E-state index in [0.717, 1.165) is 0 Å². The van der Waals surface area contributed by atoms with E-state index in [1.807, 2.05) is 0 Å². The van der Waals surface area contributed by atoms with Gasteiger partial charge in [0, 0.05) is 6.54 Å². The summed E-state index contributed by atoms with van der Waals surface area (Å²) in [6, 6.07) is 1.31. The van der Waals surface area contributed by atoms with Crippen LogP contribution in [-0.2, 0) is 5.60 Å². The second kappa shape index (κ2) is 4.04. The molecule has 84 valence electrons. The highest BCUT2D eigenvalue weighted by molar-refractivity contribution is 5.89. The van der Waals surface area contributed by atoms with Crippen LogP contribution in [0.1, 0.15) is 30.0 Å². The van der Waals surface area contributed by atoms with Crippen LogP contribution in [0.25, 0.3) is 0 Å². The summed E-state index contributed by atoms with van der Waals surface area (Å²) in [6.45, 7) is 3.42. The first-order valence-corrected chi connectivity index (χ1v) is 4.67. The first-order valence-electron chi connectivity index (χ1n) is 4.67. The number of aliphatic hydroxyl groups is 1. The molecule has 15 heavy (non-hydrogen) atoms. The van der Waals surface area contributed by atoms with Gasteiger partial charge in [-0.2, -0.15) is 0 Å². The molecule has 0 aromatic carbocycles. The fourth-order valence-corrected chi connectivity index (χ4v) is 1.40. The molecule has 1 aromatic rings. The van der Waals surface area contributed by atoms with Gasteiger partial charge in [-0.3, -0.25) is 0 Å². The van der Waals surface area contributed by atoms with Gasteiger partial charge in [0.2, 0.25) is 0 Å². The molecule has 0 amide bonds. The first kappa shape index (κ1) is 11.7. The van der Waals surface area contributed by atoms with Gasteiger partial charge in [-0.25, -0.2) is 4.79 Å². The third-order valence-corrected chi connectivity index (χ3v) is 2.56. The number of hydrogen-bond acceptors (Lipinski definition) is 4. The van der Waals surface area contributed by atoms with Crippen molar-refractivity contribution in [3.8, 4) is 0 Å². The number of rotatable bonds is 4. The molecule has 1 unspecified atom stereocenters. The summed E-state index contributed by atoms with van der Waals surface area (Å²) >= 11 is 0. The van der Waals surface area contributed by atoms with Crippen molar-refractivity contribution in [2.75, 3.05) is 6.54 Å². The van der Waals surface area contributed by atoms with Crippen LogP contribution in [-0.4, -0.2) is 22.7 Å². The predicted molar refractivity (Wildman–Crippen MR) is 53.5 cm³/mol. The van der Waals surface area contributed by atoms with Crippen LogP contribution >= 0.6 is 0 Å². The zero-order valence-corrected chi connectivity index (χ0v) is 8.73. The van der Waals surface area contributed by atoms with Crippen LogP contribution in [0.5, 0.6) is 0 Å². The normalized spacial score (nSPS) is 15.3. The summed E-state index contributed by atoms with van der Waals surface area (Å²) in [5, 5.41) is 19.1. The van der Waals surface area contributed by atoms with Gasteiger partial charge in [-0.05, 0) is 12.0 Å². The molecule has 5 heteroatoms. The lowest BCUT2D eigenvalue weighted by molar-refractivity contribution is -0.0219. The van der Waals surface area contributed by atoms with Gasteiger partial charge < -0.3 is 20.4 Å². The van der Waals surface area contributed by atoms with Crippen molar-refractivity contribution >= 4 is 5.97 Å². The van der Waals surface area contributed by atoms with Crippen LogP contribution in [0.4, 0.5) is 0 Å². The van der Waals surface area contributed by atoms with E-state index in [0.29, 0.717) is 0 Å². The third-order valence-electron chi connectivity index (χ3n) is 2.56. The van der Waals surface area contributed by atoms with Crippen molar-refractivity contribution in [2.45, 2.75) is 19.4 Å².